The number of hydrogen-bond acceptors (Lipinski definition) is 5. The first-order chi connectivity index (χ1) is 7.65. The Hall–Kier alpha value is -1.14. The molecule has 0 unspecified atom stereocenters. The summed E-state index contributed by atoms with van der Waals surface area (Å²) in [5.74, 6) is -1.69. The van der Waals surface area contributed by atoms with Gasteiger partial charge in [0.15, 0.2) is 6.04 Å². The molecule has 1 saturated heterocycles. The first-order valence-electron chi connectivity index (χ1n) is 5.44. The first kappa shape index (κ1) is 12.9. The predicted octanol–water partition coefficient (Wildman–Crippen LogP) is -3.03. The van der Waals surface area contributed by atoms with Gasteiger partial charge >= 0.3 is 5.97 Å². The van der Waals surface area contributed by atoms with Crippen LogP contribution in [0.15, 0.2) is 0 Å². The molecule has 0 bridgehead atoms. The van der Waals surface area contributed by atoms with E-state index in [1.165, 1.54) is 0 Å². The van der Waals surface area contributed by atoms with Crippen molar-refractivity contribution in [3.05, 3.63) is 0 Å². The summed E-state index contributed by atoms with van der Waals surface area (Å²) in [6.45, 7) is 4.28. The molecular formula is C10H17NO5. The highest BCUT2D eigenvalue weighted by molar-refractivity contribution is 5.79. The van der Waals surface area contributed by atoms with Crippen LogP contribution >= 0.6 is 0 Å². The van der Waals surface area contributed by atoms with Crippen LogP contribution in [-0.4, -0.2) is 50.9 Å². The summed E-state index contributed by atoms with van der Waals surface area (Å²) in [5, 5.41) is 10.6. The molecule has 92 valence electrons. The summed E-state index contributed by atoms with van der Waals surface area (Å²) >= 11 is 0. The predicted molar refractivity (Wildman–Crippen MR) is 51.6 cm³/mol. The van der Waals surface area contributed by atoms with Crippen LogP contribution in [0.5, 0.6) is 0 Å². The number of carboxylic acid groups (broad SMARTS) is 1. The van der Waals surface area contributed by atoms with Crippen LogP contribution in [0.3, 0.4) is 0 Å². The van der Waals surface area contributed by atoms with Gasteiger partial charge in [-0.1, -0.05) is 0 Å². The highest BCUT2D eigenvalue weighted by Gasteiger charge is 2.32. The summed E-state index contributed by atoms with van der Waals surface area (Å²) < 4.78 is 10.0. The molecule has 1 rings (SSSR count). The van der Waals surface area contributed by atoms with E-state index in [2.05, 4.69) is 0 Å². The number of aliphatic carboxylic acids is 1. The van der Waals surface area contributed by atoms with E-state index in [9.17, 15) is 14.7 Å². The number of hydrogen-bond donors (Lipinski definition) is 1. The van der Waals surface area contributed by atoms with Gasteiger partial charge in [0.2, 0.25) is 0 Å². The minimum Gasteiger partial charge on any atom is -0.550 e. The Morgan fingerprint density at radius 3 is 2.56 bits per heavy atom. The van der Waals surface area contributed by atoms with Gasteiger partial charge in [-0.3, -0.25) is 0 Å². The van der Waals surface area contributed by atoms with Gasteiger partial charge in [0.1, 0.15) is 13.1 Å². The molecule has 6 nitrogen and oxygen atoms in total. The summed E-state index contributed by atoms with van der Waals surface area (Å²) in [4.78, 5) is 23.1. The van der Waals surface area contributed by atoms with E-state index in [1.54, 1.807) is 6.92 Å². The quantitative estimate of drug-likeness (QED) is 0.509. The summed E-state index contributed by atoms with van der Waals surface area (Å²) in [5.41, 5.74) is 0. The van der Waals surface area contributed by atoms with E-state index >= 15 is 0 Å². The lowest BCUT2D eigenvalue weighted by Gasteiger charge is -2.30. The minimum atomic E-state index is -1.22. The molecule has 0 aliphatic carbocycles. The smallest absolute Gasteiger partial charge is 0.365 e. The zero-order chi connectivity index (χ0) is 12.0. The molecule has 1 heterocycles. The van der Waals surface area contributed by atoms with Crippen LogP contribution in [0.25, 0.3) is 0 Å². The van der Waals surface area contributed by atoms with Crippen LogP contribution in [0.4, 0.5) is 0 Å². The average molecular weight is 231 g/mol. The van der Waals surface area contributed by atoms with Crippen LogP contribution in [0.2, 0.25) is 0 Å². The van der Waals surface area contributed by atoms with Crippen LogP contribution in [0, 0.1) is 0 Å². The SMILES string of the molecule is CCOC(=O)[C@@H](CC(=O)[O-])[NH+]1CCOCC1. The number of rotatable bonds is 5. The number of carbonyl (C=O) groups is 2. The largest absolute Gasteiger partial charge is 0.550 e. The van der Waals surface area contributed by atoms with Gasteiger partial charge in [-0.25, -0.2) is 4.79 Å². The average Bonchev–Trinajstić information content (AvgIpc) is 2.27. The van der Waals surface area contributed by atoms with Crippen molar-refractivity contribution in [1.82, 2.24) is 0 Å². The normalized spacial score (nSPS) is 19.1. The molecule has 0 aromatic rings. The zero-order valence-corrected chi connectivity index (χ0v) is 9.36. The van der Waals surface area contributed by atoms with Gasteiger partial charge < -0.3 is 24.3 Å². The van der Waals surface area contributed by atoms with Crippen molar-refractivity contribution in [3.8, 4) is 0 Å². The third-order valence-electron chi connectivity index (χ3n) is 2.57. The topological polar surface area (TPSA) is 80.1 Å². The van der Waals surface area contributed by atoms with E-state index in [0.717, 1.165) is 4.90 Å². The molecule has 0 saturated carbocycles. The van der Waals surface area contributed by atoms with E-state index in [4.69, 9.17) is 9.47 Å². The van der Waals surface area contributed by atoms with Crippen molar-refractivity contribution in [3.63, 3.8) is 0 Å². The van der Waals surface area contributed by atoms with Crippen molar-refractivity contribution in [2.75, 3.05) is 32.9 Å². The molecule has 0 spiro atoms. The molecule has 1 fully saturated rings. The third-order valence-corrected chi connectivity index (χ3v) is 2.57. The third kappa shape index (κ3) is 3.79. The van der Waals surface area contributed by atoms with Gasteiger partial charge in [0.05, 0.1) is 26.2 Å². The molecule has 16 heavy (non-hydrogen) atoms. The summed E-state index contributed by atoms with van der Waals surface area (Å²) in [6.07, 6.45) is -0.297. The first-order valence-corrected chi connectivity index (χ1v) is 5.44. The Bertz CT molecular complexity index is 250. The fourth-order valence-electron chi connectivity index (χ4n) is 1.79. The Morgan fingerprint density at radius 2 is 2.06 bits per heavy atom. The number of morpholine rings is 1. The molecular weight excluding hydrogens is 214 g/mol. The number of ether oxygens (including phenoxy) is 2. The monoisotopic (exact) mass is 231 g/mol. The molecule has 6 heteroatoms. The second-order valence-electron chi connectivity index (χ2n) is 3.65. The highest BCUT2D eigenvalue weighted by Crippen LogP contribution is 1.93. The number of carboxylic acids is 1. The van der Waals surface area contributed by atoms with Crippen molar-refractivity contribution >= 4 is 11.9 Å². The lowest BCUT2D eigenvalue weighted by molar-refractivity contribution is -0.924. The van der Waals surface area contributed by atoms with Crippen LogP contribution in [0.1, 0.15) is 13.3 Å². The minimum absolute atomic E-state index is 0.256. The van der Waals surface area contributed by atoms with E-state index < -0.39 is 18.0 Å². The number of nitrogens with one attached hydrogen (secondary N) is 1. The zero-order valence-electron chi connectivity index (χ0n) is 9.36. The Morgan fingerprint density at radius 1 is 1.44 bits per heavy atom. The van der Waals surface area contributed by atoms with Gasteiger partial charge in [0, 0.05) is 5.97 Å². The van der Waals surface area contributed by atoms with Gasteiger partial charge in [-0.15, -0.1) is 0 Å². The lowest BCUT2D eigenvalue weighted by atomic mass is 10.1. The number of quaternary nitrogens is 1. The van der Waals surface area contributed by atoms with Crippen LogP contribution in [-0.2, 0) is 19.1 Å². The second kappa shape index (κ2) is 6.44. The molecule has 0 aromatic heterocycles. The molecule has 1 atom stereocenters. The van der Waals surface area contributed by atoms with Crippen molar-refractivity contribution < 1.29 is 29.1 Å². The maximum absolute atomic E-state index is 11.6. The van der Waals surface area contributed by atoms with Crippen molar-refractivity contribution in [1.29, 1.82) is 0 Å². The molecule has 1 N–H and O–H groups in total. The molecule has 0 amide bonds. The summed E-state index contributed by atoms with van der Waals surface area (Å²) in [6, 6.07) is -0.672. The van der Waals surface area contributed by atoms with E-state index in [0.29, 0.717) is 26.3 Å². The molecule has 1 aliphatic heterocycles. The lowest BCUT2D eigenvalue weighted by Crippen LogP contribution is -3.18. The Labute approximate surface area is 94.1 Å². The maximum Gasteiger partial charge on any atom is 0.365 e. The second-order valence-corrected chi connectivity index (χ2v) is 3.65. The Kier molecular flexibility index (Phi) is 5.21. The number of esters is 1. The van der Waals surface area contributed by atoms with Gasteiger partial charge in [0.25, 0.3) is 0 Å². The van der Waals surface area contributed by atoms with E-state index in [1.807, 2.05) is 0 Å². The van der Waals surface area contributed by atoms with E-state index in [-0.39, 0.29) is 13.0 Å². The van der Waals surface area contributed by atoms with Gasteiger partial charge in [-0.2, -0.15) is 0 Å². The Balaban J connectivity index is 2.60. The van der Waals surface area contributed by atoms with Crippen molar-refractivity contribution in [2.24, 2.45) is 0 Å². The van der Waals surface area contributed by atoms with Crippen molar-refractivity contribution in [2.45, 2.75) is 19.4 Å². The van der Waals surface area contributed by atoms with Gasteiger partial charge in [-0.05, 0) is 6.92 Å². The standard InChI is InChI=1S/C10H17NO5/c1-2-16-10(14)8(7-9(12)13)11-3-5-15-6-4-11/h8H,2-7H2,1H3,(H,12,13)/t8-/m1/s1. The molecule has 0 aromatic carbocycles. The maximum atomic E-state index is 11.6. The fourth-order valence-corrected chi connectivity index (χ4v) is 1.79. The fraction of sp³-hybridized carbons (Fsp3) is 0.800. The molecule has 0 radical (unpaired) electrons. The number of carbonyl (C=O) groups excluding carboxylic acids is 2. The highest BCUT2D eigenvalue weighted by atomic mass is 16.5. The summed E-state index contributed by atoms with van der Waals surface area (Å²) in [7, 11) is 0. The van der Waals surface area contributed by atoms with Crippen LogP contribution < -0.4 is 10.0 Å². The molecule has 1 aliphatic rings.